The van der Waals surface area contributed by atoms with Gasteiger partial charge in [0.2, 0.25) is 0 Å². The Labute approximate surface area is 108 Å². The third-order valence-electron chi connectivity index (χ3n) is 3.23. The van der Waals surface area contributed by atoms with Crippen LogP contribution >= 0.6 is 0 Å². The number of aromatic nitrogens is 3. The van der Waals surface area contributed by atoms with Crippen molar-refractivity contribution in [2.45, 2.75) is 33.2 Å². The van der Waals surface area contributed by atoms with Crippen LogP contribution in [0.3, 0.4) is 0 Å². The minimum atomic E-state index is 0.709. The number of rotatable bonds is 5. The molecule has 1 aromatic heterocycles. The molecule has 18 heavy (non-hydrogen) atoms. The van der Waals surface area contributed by atoms with E-state index in [1.54, 1.807) is 11.0 Å². The standard InChI is InChI=1S/C14H20N4/c1-4-11-7-6-8-12(5-2)14(11)15-9-13-16-10-17-18(13)3/h6-8,10,15H,4-5,9H2,1-3H3. The quantitative estimate of drug-likeness (QED) is 0.879. The summed E-state index contributed by atoms with van der Waals surface area (Å²) in [4.78, 5) is 4.23. The fraction of sp³-hybridized carbons (Fsp3) is 0.429. The largest absolute Gasteiger partial charge is 0.377 e. The second-order valence-corrected chi connectivity index (χ2v) is 4.31. The lowest BCUT2D eigenvalue weighted by Gasteiger charge is -2.14. The highest BCUT2D eigenvalue weighted by atomic mass is 15.3. The average Bonchev–Trinajstić information content (AvgIpc) is 2.81. The molecule has 0 radical (unpaired) electrons. The fourth-order valence-electron chi connectivity index (χ4n) is 2.12. The van der Waals surface area contributed by atoms with Crippen LogP contribution in [0.1, 0.15) is 30.8 Å². The zero-order valence-electron chi connectivity index (χ0n) is 11.3. The van der Waals surface area contributed by atoms with Crippen LogP contribution in [0.4, 0.5) is 5.69 Å². The van der Waals surface area contributed by atoms with Gasteiger partial charge in [0.05, 0.1) is 6.54 Å². The van der Waals surface area contributed by atoms with Crippen LogP contribution in [0.25, 0.3) is 0 Å². The number of hydrogen-bond acceptors (Lipinski definition) is 3. The average molecular weight is 244 g/mol. The zero-order chi connectivity index (χ0) is 13.0. The Morgan fingerprint density at radius 3 is 2.33 bits per heavy atom. The Bertz CT molecular complexity index is 494. The maximum absolute atomic E-state index is 4.23. The zero-order valence-corrected chi connectivity index (χ0v) is 11.3. The van der Waals surface area contributed by atoms with Gasteiger partial charge in [0, 0.05) is 12.7 Å². The molecule has 0 fully saturated rings. The summed E-state index contributed by atoms with van der Waals surface area (Å²) in [6, 6.07) is 6.49. The maximum atomic E-state index is 4.23. The van der Waals surface area contributed by atoms with E-state index in [-0.39, 0.29) is 0 Å². The lowest BCUT2D eigenvalue weighted by atomic mass is 10.0. The molecule has 1 aromatic carbocycles. The Kier molecular flexibility index (Phi) is 3.97. The van der Waals surface area contributed by atoms with Gasteiger partial charge >= 0.3 is 0 Å². The highest BCUT2D eigenvalue weighted by molar-refractivity contribution is 5.57. The number of aryl methyl sites for hydroxylation is 3. The predicted octanol–water partition coefficient (Wildman–Crippen LogP) is 2.55. The van der Waals surface area contributed by atoms with Crippen LogP contribution in [-0.4, -0.2) is 14.8 Å². The summed E-state index contributed by atoms with van der Waals surface area (Å²) in [5.74, 6) is 0.947. The highest BCUT2D eigenvalue weighted by Crippen LogP contribution is 2.22. The van der Waals surface area contributed by atoms with Gasteiger partial charge in [-0.15, -0.1) is 0 Å². The summed E-state index contributed by atoms with van der Waals surface area (Å²) in [5.41, 5.74) is 3.97. The minimum absolute atomic E-state index is 0.709. The first kappa shape index (κ1) is 12.6. The van der Waals surface area contributed by atoms with Crippen LogP contribution < -0.4 is 5.32 Å². The lowest BCUT2D eigenvalue weighted by molar-refractivity contribution is 0.711. The Morgan fingerprint density at radius 1 is 1.17 bits per heavy atom. The third kappa shape index (κ3) is 2.53. The highest BCUT2D eigenvalue weighted by Gasteiger charge is 2.07. The molecular formula is C14H20N4. The molecule has 0 bridgehead atoms. The van der Waals surface area contributed by atoms with Crippen LogP contribution in [0.2, 0.25) is 0 Å². The molecular weight excluding hydrogens is 224 g/mol. The van der Waals surface area contributed by atoms with Gasteiger partial charge < -0.3 is 5.32 Å². The van der Waals surface area contributed by atoms with Crippen molar-refractivity contribution < 1.29 is 0 Å². The molecule has 2 aromatic rings. The van der Waals surface area contributed by atoms with Crippen molar-refractivity contribution in [3.05, 3.63) is 41.5 Å². The number of para-hydroxylation sites is 1. The van der Waals surface area contributed by atoms with Gasteiger partial charge in [-0.1, -0.05) is 32.0 Å². The van der Waals surface area contributed by atoms with Crippen molar-refractivity contribution >= 4 is 5.69 Å². The first-order valence-corrected chi connectivity index (χ1v) is 6.43. The van der Waals surface area contributed by atoms with Gasteiger partial charge in [0.25, 0.3) is 0 Å². The van der Waals surface area contributed by atoms with Crippen LogP contribution in [0.5, 0.6) is 0 Å². The second-order valence-electron chi connectivity index (χ2n) is 4.31. The molecule has 0 aliphatic rings. The van der Waals surface area contributed by atoms with Crippen molar-refractivity contribution in [1.82, 2.24) is 14.8 Å². The van der Waals surface area contributed by atoms with Gasteiger partial charge in [0.15, 0.2) is 0 Å². The van der Waals surface area contributed by atoms with Gasteiger partial charge in [-0.25, -0.2) is 4.98 Å². The van der Waals surface area contributed by atoms with Crippen molar-refractivity contribution in [1.29, 1.82) is 0 Å². The normalized spacial score (nSPS) is 10.6. The van der Waals surface area contributed by atoms with E-state index in [1.165, 1.54) is 16.8 Å². The molecule has 0 atom stereocenters. The molecule has 0 saturated carbocycles. The summed E-state index contributed by atoms with van der Waals surface area (Å²) < 4.78 is 1.80. The van der Waals surface area contributed by atoms with Gasteiger partial charge in [-0.3, -0.25) is 4.68 Å². The topological polar surface area (TPSA) is 42.7 Å². The molecule has 0 aliphatic carbocycles. The van der Waals surface area contributed by atoms with E-state index in [9.17, 15) is 0 Å². The Balaban J connectivity index is 2.20. The van der Waals surface area contributed by atoms with Crippen LogP contribution in [0, 0.1) is 0 Å². The number of hydrogen-bond donors (Lipinski definition) is 1. The molecule has 0 amide bonds. The number of nitrogens with one attached hydrogen (secondary N) is 1. The van der Waals surface area contributed by atoms with Gasteiger partial charge in [-0.05, 0) is 24.0 Å². The van der Waals surface area contributed by atoms with E-state index < -0.39 is 0 Å². The molecule has 0 spiro atoms. The smallest absolute Gasteiger partial charge is 0.145 e. The molecule has 0 aliphatic heterocycles. The fourth-order valence-corrected chi connectivity index (χ4v) is 2.12. The van der Waals surface area contributed by atoms with E-state index in [2.05, 4.69) is 47.4 Å². The molecule has 1 heterocycles. The third-order valence-corrected chi connectivity index (χ3v) is 3.23. The van der Waals surface area contributed by atoms with Gasteiger partial charge in [-0.2, -0.15) is 5.10 Å². The summed E-state index contributed by atoms with van der Waals surface area (Å²) >= 11 is 0. The predicted molar refractivity (Wildman–Crippen MR) is 73.5 cm³/mol. The summed E-state index contributed by atoms with van der Waals surface area (Å²) in [7, 11) is 1.91. The second kappa shape index (κ2) is 5.67. The summed E-state index contributed by atoms with van der Waals surface area (Å²) in [6.07, 6.45) is 3.66. The number of benzene rings is 1. The number of anilines is 1. The first-order valence-electron chi connectivity index (χ1n) is 6.43. The van der Waals surface area contributed by atoms with E-state index in [4.69, 9.17) is 0 Å². The number of nitrogens with zero attached hydrogens (tertiary/aromatic N) is 3. The Hall–Kier alpha value is -1.84. The first-order chi connectivity index (χ1) is 8.76. The van der Waals surface area contributed by atoms with E-state index in [1.807, 2.05) is 7.05 Å². The van der Waals surface area contributed by atoms with E-state index >= 15 is 0 Å². The lowest BCUT2D eigenvalue weighted by Crippen LogP contribution is -2.09. The molecule has 4 nitrogen and oxygen atoms in total. The van der Waals surface area contributed by atoms with E-state index in [0.29, 0.717) is 6.54 Å². The van der Waals surface area contributed by atoms with Crippen molar-refractivity contribution in [2.75, 3.05) is 5.32 Å². The molecule has 96 valence electrons. The van der Waals surface area contributed by atoms with E-state index in [0.717, 1.165) is 18.7 Å². The molecule has 0 unspecified atom stereocenters. The molecule has 1 N–H and O–H groups in total. The van der Waals surface area contributed by atoms with Gasteiger partial charge in [0.1, 0.15) is 12.2 Å². The van der Waals surface area contributed by atoms with Crippen LogP contribution in [-0.2, 0) is 26.4 Å². The minimum Gasteiger partial charge on any atom is -0.377 e. The molecule has 2 rings (SSSR count). The maximum Gasteiger partial charge on any atom is 0.145 e. The van der Waals surface area contributed by atoms with Crippen LogP contribution in [0.15, 0.2) is 24.5 Å². The molecule has 4 heteroatoms. The summed E-state index contributed by atoms with van der Waals surface area (Å²) in [6.45, 7) is 5.07. The van der Waals surface area contributed by atoms with Crippen molar-refractivity contribution in [3.8, 4) is 0 Å². The monoisotopic (exact) mass is 244 g/mol. The Morgan fingerprint density at radius 2 is 1.83 bits per heavy atom. The molecule has 0 saturated heterocycles. The summed E-state index contributed by atoms with van der Waals surface area (Å²) in [5, 5.41) is 7.58. The van der Waals surface area contributed by atoms with Crippen molar-refractivity contribution in [3.63, 3.8) is 0 Å². The SMILES string of the molecule is CCc1cccc(CC)c1NCc1ncnn1C. The van der Waals surface area contributed by atoms with Crippen molar-refractivity contribution in [2.24, 2.45) is 7.05 Å².